The number of urea groups is 1. The predicted octanol–water partition coefficient (Wildman–Crippen LogP) is 1.65. The average Bonchev–Trinajstić information content (AvgIpc) is 2.45. The van der Waals surface area contributed by atoms with Gasteiger partial charge in [-0.2, -0.15) is 0 Å². The number of amides is 2. The Hall–Kier alpha value is -2.24. The van der Waals surface area contributed by atoms with Crippen molar-refractivity contribution in [2.24, 2.45) is 5.92 Å². The zero-order valence-corrected chi connectivity index (χ0v) is 12.6. The van der Waals surface area contributed by atoms with E-state index in [0.717, 1.165) is 11.3 Å². The van der Waals surface area contributed by atoms with E-state index in [-0.39, 0.29) is 5.92 Å². The molecule has 0 aromatic heterocycles. The molecular weight excluding hydrogens is 272 g/mol. The maximum Gasteiger partial charge on any atom is 0.326 e. The van der Waals surface area contributed by atoms with Gasteiger partial charge in [0.15, 0.2) is 0 Å². The predicted molar refractivity (Wildman–Crippen MR) is 79.5 cm³/mol. The molecule has 0 unspecified atom stereocenters. The van der Waals surface area contributed by atoms with E-state index in [1.165, 1.54) is 0 Å². The summed E-state index contributed by atoms with van der Waals surface area (Å²) in [7, 11) is 1.61. The van der Waals surface area contributed by atoms with Gasteiger partial charge in [0.25, 0.3) is 0 Å². The van der Waals surface area contributed by atoms with E-state index < -0.39 is 18.0 Å². The van der Waals surface area contributed by atoms with Crippen molar-refractivity contribution in [3.63, 3.8) is 0 Å². The summed E-state index contributed by atoms with van der Waals surface area (Å²) in [5.74, 6) is -0.421. The normalized spacial score (nSPS) is 11.8. The molecule has 0 aliphatic rings. The van der Waals surface area contributed by atoms with Crippen LogP contribution in [0.1, 0.15) is 19.4 Å². The van der Waals surface area contributed by atoms with Gasteiger partial charge in [0.1, 0.15) is 11.8 Å². The Morgan fingerprint density at radius 2 is 1.86 bits per heavy atom. The third kappa shape index (κ3) is 5.72. The van der Waals surface area contributed by atoms with Crippen molar-refractivity contribution < 1.29 is 19.4 Å². The fourth-order valence-corrected chi connectivity index (χ4v) is 1.82. The molecule has 0 spiro atoms. The fraction of sp³-hybridized carbons (Fsp3) is 0.467. The van der Waals surface area contributed by atoms with Gasteiger partial charge in [0, 0.05) is 6.54 Å². The van der Waals surface area contributed by atoms with E-state index in [2.05, 4.69) is 10.6 Å². The summed E-state index contributed by atoms with van der Waals surface area (Å²) in [6, 6.07) is 6.21. The lowest BCUT2D eigenvalue weighted by Gasteiger charge is -2.18. The first-order chi connectivity index (χ1) is 9.93. The molecule has 6 nitrogen and oxygen atoms in total. The number of carboxylic acid groups (broad SMARTS) is 1. The minimum Gasteiger partial charge on any atom is -0.497 e. The Balaban J connectivity index is 2.37. The summed E-state index contributed by atoms with van der Waals surface area (Å²) >= 11 is 0. The van der Waals surface area contributed by atoms with E-state index in [9.17, 15) is 9.59 Å². The molecule has 0 saturated carbocycles. The fourth-order valence-electron chi connectivity index (χ4n) is 1.82. The van der Waals surface area contributed by atoms with Gasteiger partial charge in [-0.1, -0.05) is 26.0 Å². The molecule has 0 fully saturated rings. The molecule has 0 aliphatic carbocycles. The average molecular weight is 294 g/mol. The van der Waals surface area contributed by atoms with Crippen LogP contribution in [0.5, 0.6) is 5.75 Å². The first kappa shape index (κ1) is 16.8. The molecule has 3 N–H and O–H groups in total. The molecule has 1 atom stereocenters. The lowest BCUT2D eigenvalue weighted by Crippen LogP contribution is -2.48. The van der Waals surface area contributed by atoms with E-state index in [0.29, 0.717) is 13.0 Å². The highest BCUT2D eigenvalue weighted by atomic mass is 16.5. The van der Waals surface area contributed by atoms with Gasteiger partial charge in [-0.15, -0.1) is 0 Å². The molecule has 0 heterocycles. The summed E-state index contributed by atoms with van der Waals surface area (Å²) in [5.41, 5.74) is 1.06. The maximum atomic E-state index is 11.6. The van der Waals surface area contributed by atoms with Crippen LogP contribution in [0.4, 0.5) is 4.79 Å². The van der Waals surface area contributed by atoms with E-state index >= 15 is 0 Å². The number of nitrogens with one attached hydrogen (secondary N) is 2. The van der Waals surface area contributed by atoms with Crippen LogP contribution in [0.3, 0.4) is 0 Å². The van der Waals surface area contributed by atoms with Crippen LogP contribution in [0.2, 0.25) is 0 Å². The van der Waals surface area contributed by atoms with Crippen LogP contribution in [-0.2, 0) is 11.2 Å². The molecule has 116 valence electrons. The number of hydrogen-bond acceptors (Lipinski definition) is 3. The molecule has 21 heavy (non-hydrogen) atoms. The standard InChI is InChI=1S/C15H22N2O4/c1-10(2)13(14(18)19)17-15(20)16-9-8-11-4-6-12(21-3)7-5-11/h4-7,10,13H,8-9H2,1-3H3,(H,18,19)(H2,16,17,20)/t13-/m0/s1. The zero-order chi connectivity index (χ0) is 15.8. The van der Waals surface area contributed by atoms with Crippen molar-refractivity contribution in [3.8, 4) is 5.75 Å². The molecule has 1 aromatic rings. The Labute approximate surface area is 124 Å². The Bertz CT molecular complexity index is 471. The lowest BCUT2D eigenvalue weighted by atomic mass is 10.1. The van der Waals surface area contributed by atoms with Gasteiger partial charge in [0.2, 0.25) is 0 Å². The van der Waals surface area contributed by atoms with Gasteiger partial charge in [-0.25, -0.2) is 9.59 Å². The van der Waals surface area contributed by atoms with Crippen molar-refractivity contribution in [2.45, 2.75) is 26.3 Å². The van der Waals surface area contributed by atoms with Crippen LogP contribution in [0.15, 0.2) is 24.3 Å². The van der Waals surface area contributed by atoms with E-state index in [4.69, 9.17) is 9.84 Å². The van der Waals surface area contributed by atoms with E-state index in [1.807, 2.05) is 24.3 Å². The molecule has 0 bridgehead atoms. The number of methoxy groups -OCH3 is 1. The van der Waals surface area contributed by atoms with Crippen molar-refractivity contribution in [3.05, 3.63) is 29.8 Å². The number of ether oxygens (including phenoxy) is 1. The van der Waals surface area contributed by atoms with Crippen LogP contribution in [-0.4, -0.2) is 36.8 Å². The highest BCUT2D eigenvalue weighted by Crippen LogP contribution is 2.11. The maximum absolute atomic E-state index is 11.6. The first-order valence-corrected chi connectivity index (χ1v) is 6.84. The number of carbonyl (C=O) groups is 2. The van der Waals surface area contributed by atoms with Crippen molar-refractivity contribution in [1.29, 1.82) is 0 Å². The summed E-state index contributed by atoms with van der Waals surface area (Å²) < 4.78 is 5.07. The molecule has 0 radical (unpaired) electrons. The second-order valence-corrected chi connectivity index (χ2v) is 5.06. The Morgan fingerprint density at radius 3 is 2.33 bits per heavy atom. The summed E-state index contributed by atoms with van der Waals surface area (Å²) in [6.45, 7) is 3.93. The highest BCUT2D eigenvalue weighted by Gasteiger charge is 2.22. The molecule has 1 rings (SSSR count). The van der Waals surface area contributed by atoms with Gasteiger partial charge < -0.3 is 20.5 Å². The number of aliphatic carboxylic acids is 1. The monoisotopic (exact) mass is 294 g/mol. The number of carboxylic acids is 1. The quantitative estimate of drug-likeness (QED) is 0.713. The molecular formula is C15H22N2O4. The smallest absolute Gasteiger partial charge is 0.326 e. The van der Waals surface area contributed by atoms with Crippen LogP contribution < -0.4 is 15.4 Å². The highest BCUT2D eigenvalue weighted by molar-refractivity contribution is 5.82. The van der Waals surface area contributed by atoms with E-state index in [1.54, 1.807) is 21.0 Å². The number of hydrogen-bond donors (Lipinski definition) is 3. The van der Waals surface area contributed by atoms with Crippen molar-refractivity contribution in [2.75, 3.05) is 13.7 Å². The lowest BCUT2D eigenvalue weighted by molar-refractivity contribution is -0.140. The topological polar surface area (TPSA) is 87.7 Å². The SMILES string of the molecule is COc1ccc(CCNC(=O)N[C@H](C(=O)O)C(C)C)cc1. The van der Waals surface area contributed by atoms with Crippen molar-refractivity contribution >= 4 is 12.0 Å². The number of carbonyl (C=O) groups excluding carboxylic acids is 1. The Morgan fingerprint density at radius 1 is 1.24 bits per heavy atom. The number of benzene rings is 1. The largest absolute Gasteiger partial charge is 0.497 e. The minimum absolute atomic E-state index is 0.171. The molecule has 2 amide bonds. The van der Waals surface area contributed by atoms with Gasteiger partial charge in [-0.3, -0.25) is 0 Å². The van der Waals surface area contributed by atoms with Crippen LogP contribution in [0, 0.1) is 5.92 Å². The van der Waals surface area contributed by atoms with Crippen molar-refractivity contribution in [1.82, 2.24) is 10.6 Å². The third-order valence-electron chi connectivity index (χ3n) is 3.08. The minimum atomic E-state index is -1.03. The second kappa shape index (κ2) is 8.14. The molecule has 6 heteroatoms. The first-order valence-electron chi connectivity index (χ1n) is 6.84. The van der Waals surface area contributed by atoms with Crippen LogP contribution in [0.25, 0.3) is 0 Å². The summed E-state index contributed by atoms with van der Waals surface area (Å²) in [5, 5.41) is 14.1. The third-order valence-corrected chi connectivity index (χ3v) is 3.08. The Kier molecular flexibility index (Phi) is 6.52. The van der Waals surface area contributed by atoms with Gasteiger partial charge >= 0.3 is 12.0 Å². The van der Waals surface area contributed by atoms with Gasteiger partial charge in [-0.05, 0) is 30.0 Å². The zero-order valence-electron chi connectivity index (χ0n) is 12.6. The summed E-state index contributed by atoms with van der Waals surface area (Å²) in [4.78, 5) is 22.6. The number of rotatable bonds is 7. The second-order valence-electron chi connectivity index (χ2n) is 5.06. The van der Waals surface area contributed by atoms with Crippen LogP contribution >= 0.6 is 0 Å². The van der Waals surface area contributed by atoms with Gasteiger partial charge in [0.05, 0.1) is 7.11 Å². The summed E-state index contributed by atoms with van der Waals surface area (Å²) in [6.07, 6.45) is 0.664. The molecule has 0 aliphatic heterocycles. The molecule has 0 saturated heterocycles. The molecule has 1 aromatic carbocycles.